The van der Waals surface area contributed by atoms with E-state index >= 15 is 0 Å². The van der Waals surface area contributed by atoms with Gasteiger partial charge in [-0.05, 0) is 59.7 Å². The molecule has 0 unspecified atom stereocenters. The lowest BCUT2D eigenvalue weighted by molar-refractivity contribution is -0.0981. The van der Waals surface area contributed by atoms with Gasteiger partial charge in [-0.25, -0.2) is 0 Å². The van der Waals surface area contributed by atoms with Crippen molar-refractivity contribution in [2.24, 2.45) is 0 Å². The van der Waals surface area contributed by atoms with E-state index in [0.29, 0.717) is 0 Å². The SMILES string of the molecule is CC(C)(O)C(C)(C)OB(O)c1ccc(CN2CCCCC2)s1. The van der Waals surface area contributed by atoms with E-state index in [4.69, 9.17) is 4.65 Å². The van der Waals surface area contributed by atoms with Gasteiger partial charge in [0.15, 0.2) is 0 Å². The monoisotopic (exact) mass is 325 g/mol. The zero-order valence-electron chi connectivity index (χ0n) is 14.1. The average molecular weight is 325 g/mol. The highest BCUT2D eigenvalue weighted by molar-refractivity contribution is 7.22. The highest BCUT2D eigenvalue weighted by Crippen LogP contribution is 2.26. The van der Waals surface area contributed by atoms with Crippen molar-refractivity contribution in [3.8, 4) is 0 Å². The summed E-state index contributed by atoms with van der Waals surface area (Å²) in [7, 11) is -0.999. The van der Waals surface area contributed by atoms with E-state index in [2.05, 4.69) is 11.0 Å². The predicted octanol–water partition coefficient (Wildman–Crippen LogP) is 1.99. The predicted molar refractivity (Wildman–Crippen MR) is 92.5 cm³/mol. The number of likely N-dealkylation sites (tertiary alicyclic amines) is 1. The summed E-state index contributed by atoms with van der Waals surface area (Å²) in [4.78, 5) is 3.72. The Morgan fingerprint density at radius 1 is 1.18 bits per heavy atom. The molecule has 4 nitrogen and oxygen atoms in total. The van der Waals surface area contributed by atoms with Crippen LogP contribution in [0.2, 0.25) is 0 Å². The Morgan fingerprint density at radius 2 is 1.82 bits per heavy atom. The average Bonchev–Trinajstić information content (AvgIpc) is 2.86. The fourth-order valence-corrected chi connectivity index (χ4v) is 3.40. The zero-order valence-corrected chi connectivity index (χ0v) is 14.9. The van der Waals surface area contributed by atoms with Crippen molar-refractivity contribution in [3.63, 3.8) is 0 Å². The fraction of sp³-hybridized carbons (Fsp3) is 0.750. The van der Waals surface area contributed by atoms with E-state index in [1.807, 2.05) is 6.07 Å². The van der Waals surface area contributed by atoms with Gasteiger partial charge in [0.05, 0.1) is 11.2 Å². The largest absolute Gasteiger partial charge is 0.502 e. The van der Waals surface area contributed by atoms with Crippen LogP contribution in [0.15, 0.2) is 12.1 Å². The van der Waals surface area contributed by atoms with Crippen LogP contribution in [0.3, 0.4) is 0 Å². The summed E-state index contributed by atoms with van der Waals surface area (Å²) >= 11 is 1.59. The second kappa shape index (κ2) is 7.01. The van der Waals surface area contributed by atoms with Gasteiger partial charge >= 0.3 is 7.12 Å². The molecule has 0 amide bonds. The van der Waals surface area contributed by atoms with Gasteiger partial charge in [0.1, 0.15) is 0 Å². The first kappa shape index (κ1) is 18.0. The minimum absolute atomic E-state index is 0.796. The van der Waals surface area contributed by atoms with Crippen molar-refractivity contribution >= 4 is 23.2 Å². The molecule has 0 atom stereocenters. The van der Waals surface area contributed by atoms with Gasteiger partial charge in [-0.2, -0.15) is 0 Å². The molecule has 1 fully saturated rings. The number of nitrogens with zero attached hydrogens (tertiary/aromatic N) is 1. The Labute approximate surface area is 138 Å². The van der Waals surface area contributed by atoms with Crippen LogP contribution in [-0.2, 0) is 11.2 Å². The van der Waals surface area contributed by atoms with Crippen molar-refractivity contribution in [1.82, 2.24) is 4.90 Å². The normalized spacial score (nSPS) is 17.7. The minimum Gasteiger partial charge on any atom is -0.423 e. The van der Waals surface area contributed by atoms with Gasteiger partial charge in [-0.3, -0.25) is 4.90 Å². The molecule has 0 spiro atoms. The summed E-state index contributed by atoms with van der Waals surface area (Å²) in [6, 6.07) is 3.99. The topological polar surface area (TPSA) is 52.9 Å². The summed E-state index contributed by atoms with van der Waals surface area (Å²) in [6.45, 7) is 10.2. The van der Waals surface area contributed by atoms with E-state index in [-0.39, 0.29) is 0 Å². The van der Waals surface area contributed by atoms with Crippen LogP contribution in [0, 0.1) is 0 Å². The molecule has 0 aromatic carbocycles. The summed E-state index contributed by atoms with van der Waals surface area (Å²) in [5.74, 6) is 0. The Morgan fingerprint density at radius 3 is 2.41 bits per heavy atom. The maximum atomic E-state index is 10.3. The van der Waals surface area contributed by atoms with Crippen LogP contribution in [0.1, 0.15) is 51.8 Å². The quantitative estimate of drug-likeness (QED) is 0.786. The van der Waals surface area contributed by atoms with E-state index in [1.54, 1.807) is 39.0 Å². The second-order valence-electron chi connectivity index (χ2n) is 7.18. The van der Waals surface area contributed by atoms with Crippen LogP contribution >= 0.6 is 11.3 Å². The molecule has 0 aliphatic carbocycles. The molecule has 0 radical (unpaired) electrons. The molecule has 1 saturated heterocycles. The van der Waals surface area contributed by atoms with Crippen molar-refractivity contribution in [1.29, 1.82) is 0 Å². The van der Waals surface area contributed by atoms with Gasteiger partial charge in [-0.15, -0.1) is 11.3 Å². The Hall–Kier alpha value is -0.395. The molecule has 22 heavy (non-hydrogen) atoms. The Bertz CT molecular complexity index is 478. The summed E-state index contributed by atoms with van der Waals surface area (Å²) in [6.07, 6.45) is 3.90. The molecule has 0 saturated carbocycles. The highest BCUT2D eigenvalue weighted by atomic mass is 32.1. The first-order chi connectivity index (χ1) is 10.2. The van der Waals surface area contributed by atoms with Gasteiger partial charge in [-0.1, -0.05) is 12.5 Å². The molecule has 1 aromatic rings. The standard InChI is InChI=1S/C16H28BNO3S/c1-15(2,19)16(3,4)21-17(20)14-9-8-13(22-14)12-18-10-6-5-7-11-18/h8-9,19-20H,5-7,10-12H2,1-4H3. The first-order valence-electron chi connectivity index (χ1n) is 8.08. The Balaban J connectivity index is 1.95. The molecule has 1 aliphatic heterocycles. The van der Waals surface area contributed by atoms with Gasteiger partial charge < -0.3 is 14.8 Å². The van der Waals surface area contributed by atoms with Crippen molar-refractivity contribution in [2.45, 2.75) is 64.7 Å². The first-order valence-corrected chi connectivity index (χ1v) is 8.90. The molecule has 2 N–H and O–H groups in total. The molecular formula is C16H28BNO3S. The maximum Gasteiger partial charge on any atom is 0.502 e. The molecule has 6 heteroatoms. The zero-order chi connectivity index (χ0) is 16.4. The molecule has 0 bridgehead atoms. The highest BCUT2D eigenvalue weighted by Gasteiger charge is 2.39. The number of aliphatic hydroxyl groups is 1. The van der Waals surface area contributed by atoms with Crippen molar-refractivity contribution in [3.05, 3.63) is 17.0 Å². The van der Waals surface area contributed by atoms with E-state index in [0.717, 1.165) is 24.4 Å². The molecule has 2 heterocycles. The number of rotatable bonds is 6. The summed E-state index contributed by atoms with van der Waals surface area (Å²) in [5, 5.41) is 20.4. The lowest BCUT2D eigenvalue weighted by Crippen LogP contribution is -2.52. The van der Waals surface area contributed by atoms with Gasteiger partial charge in [0, 0.05) is 16.2 Å². The van der Waals surface area contributed by atoms with Crippen molar-refractivity contribution in [2.75, 3.05) is 13.1 Å². The van der Waals surface area contributed by atoms with Gasteiger partial charge in [0.25, 0.3) is 0 Å². The van der Waals surface area contributed by atoms with Crippen molar-refractivity contribution < 1.29 is 14.8 Å². The Kier molecular flexibility index (Phi) is 5.72. The molecule has 2 rings (SSSR count). The van der Waals surface area contributed by atoms with Crippen LogP contribution < -0.4 is 4.78 Å². The van der Waals surface area contributed by atoms with Crippen LogP contribution in [0.25, 0.3) is 0 Å². The van der Waals surface area contributed by atoms with Crippen LogP contribution in [0.4, 0.5) is 0 Å². The summed E-state index contributed by atoms with van der Waals surface area (Å²) < 4.78 is 6.49. The lowest BCUT2D eigenvalue weighted by Gasteiger charge is -2.38. The molecular weight excluding hydrogens is 297 g/mol. The minimum atomic E-state index is -1.03. The van der Waals surface area contributed by atoms with E-state index < -0.39 is 18.3 Å². The fourth-order valence-electron chi connectivity index (χ4n) is 2.43. The second-order valence-corrected chi connectivity index (χ2v) is 8.38. The number of piperidine rings is 1. The third-order valence-electron chi connectivity index (χ3n) is 4.63. The van der Waals surface area contributed by atoms with Gasteiger partial charge in [0.2, 0.25) is 0 Å². The number of thiophene rings is 1. The molecule has 124 valence electrons. The smallest absolute Gasteiger partial charge is 0.423 e. The van der Waals surface area contributed by atoms with Crippen LogP contribution in [-0.4, -0.2) is 46.4 Å². The maximum absolute atomic E-state index is 10.3. The van der Waals surface area contributed by atoms with E-state index in [1.165, 1.54) is 24.1 Å². The molecule has 1 aromatic heterocycles. The number of hydrogen-bond acceptors (Lipinski definition) is 5. The molecule has 1 aliphatic rings. The van der Waals surface area contributed by atoms with E-state index in [9.17, 15) is 10.1 Å². The van der Waals surface area contributed by atoms with Crippen LogP contribution in [0.5, 0.6) is 0 Å². The number of hydrogen-bond donors (Lipinski definition) is 2. The lowest BCUT2D eigenvalue weighted by atomic mass is 9.82. The third-order valence-corrected chi connectivity index (χ3v) is 5.73. The summed E-state index contributed by atoms with van der Waals surface area (Å²) in [5.41, 5.74) is -1.86. The third kappa shape index (κ3) is 4.55.